The zero-order valence-corrected chi connectivity index (χ0v) is 13.8. The number of ether oxygens (including phenoxy) is 1. The molecule has 0 radical (unpaired) electrons. The number of amides is 2. The molecular formula is C18H22N2O3. The number of nitrogens with zero attached hydrogens (tertiary/aromatic N) is 2. The standard InChI is InChI=1S/C18H22N2O3/c1-18(2,3)20-15(12-16(21)19-8-10-23-11-9-19)13-6-4-5-7-14(13)17(20)22/h4-7,12H,8-11H2,1-3H3/b15-12+. The Labute approximate surface area is 136 Å². The summed E-state index contributed by atoms with van der Waals surface area (Å²) in [6, 6.07) is 7.46. The summed E-state index contributed by atoms with van der Waals surface area (Å²) >= 11 is 0. The topological polar surface area (TPSA) is 49.9 Å². The third kappa shape index (κ3) is 2.88. The Bertz CT molecular complexity index is 667. The van der Waals surface area contributed by atoms with Gasteiger partial charge in [0.2, 0.25) is 5.91 Å². The van der Waals surface area contributed by atoms with E-state index in [-0.39, 0.29) is 11.8 Å². The molecule has 2 aliphatic rings. The van der Waals surface area contributed by atoms with Gasteiger partial charge in [0.1, 0.15) is 0 Å². The zero-order valence-electron chi connectivity index (χ0n) is 13.8. The Kier molecular flexibility index (Phi) is 3.98. The molecule has 2 heterocycles. The van der Waals surface area contributed by atoms with Gasteiger partial charge < -0.3 is 14.5 Å². The number of hydrogen-bond donors (Lipinski definition) is 0. The molecule has 0 bridgehead atoms. The van der Waals surface area contributed by atoms with E-state index in [0.29, 0.717) is 37.6 Å². The fourth-order valence-corrected chi connectivity index (χ4v) is 3.04. The van der Waals surface area contributed by atoms with E-state index in [0.717, 1.165) is 5.56 Å². The number of fused-ring (bicyclic) bond motifs is 1. The molecule has 23 heavy (non-hydrogen) atoms. The minimum Gasteiger partial charge on any atom is -0.378 e. The number of benzene rings is 1. The first-order valence-electron chi connectivity index (χ1n) is 7.92. The van der Waals surface area contributed by atoms with Crippen molar-refractivity contribution in [3.63, 3.8) is 0 Å². The Hall–Kier alpha value is -2.14. The summed E-state index contributed by atoms with van der Waals surface area (Å²) in [7, 11) is 0. The molecule has 0 spiro atoms. The lowest BCUT2D eigenvalue weighted by atomic mass is 10.0. The first-order valence-corrected chi connectivity index (χ1v) is 7.92. The van der Waals surface area contributed by atoms with Crippen molar-refractivity contribution in [1.82, 2.24) is 9.80 Å². The first kappa shape index (κ1) is 15.7. The molecule has 1 fully saturated rings. The van der Waals surface area contributed by atoms with Crippen LogP contribution in [0.4, 0.5) is 0 Å². The van der Waals surface area contributed by atoms with Gasteiger partial charge >= 0.3 is 0 Å². The van der Waals surface area contributed by atoms with E-state index in [4.69, 9.17) is 4.74 Å². The van der Waals surface area contributed by atoms with E-state index in [9.17, 15) is 9.59 Å². The second-order valence-electron chi connectivity index (χ2n) is 6.82. The summed E-state index contributed by atoms with van der Waals surface area (Å²) in [4.78, 5) is 28.8. The van der Waals surface area contributed by atoms with Crippen LogP contribution in [0.1, 0.15) is 36.7 Å². The van der Waals surface area contributed by atoms with Crippen LogP contribution in [0, 0.1) is 0 Å². The average Bonchev–Trinajstić information content (AvgIpc) is 2.81. The van der Waals surface area contributed by atoms with Gasteiger partial charge in [-0.3, -0.25) is 9.59 Å². The van der Waals surface area contributed by atoms with Crippen molar-refractivity contribution in [2.24, 2.45) is 0 Å². The van der Waals surface area contributed by atoms with Gasteiger partial charge in [0.05, 0.1) is 18.9 Å². The molecule has 1 aromatic rings. The van der Waals surface area contributed by atoms with E-state index in [1.807, 2.05) is 45.0 Å². The second-order valence-corrected chi connectivity index (χ2v) is 6.82. The molecule has 0 aromatic heterocycles. The molecule has 0 aliphatic carbocycles. The van der Waals surface area contributed by atoms with Gasteiger partial charge in [-0.25, -0.2) is 0 Å². The lowest BCUT2D eigenvalue weighted by Crippen LogP contribution is -2.42. The van der Waals surface area contributed by atoms with Crippen LogP contribution in [0.2, 0.25) is 0 Å². The summed E-state index contributed by atoms with van der Waals surface area (Å²) < 4.78 is 5.29. The lowest BCUT2D eigenvalue weighted by Gasteiger charge is -2.33. The zero-order chi connectivity index (χ0) is 16.6. The number of rotatable bonds is 1. The van der Waals surface area contributed by atoms with Gasteiger partial charge in [0.15, 0.2) is 0 Å². The molecule has 3 rings (SSSR count). The molecule has 0 atom stereocenters. The highest BCUT2D eigenvalue weighted by Crippen LogP contribution is 2.37. The van der Waals surface area contributed by atoms with Crippen molar-refractivity contribution in [3.05, 3.63) is 41.5 Å². The van der Waals surface area contributed by atoms with E-state index >= 15 is 0 Å². The van der Waals surface area contributed by atoms with Crippen molar-refractivity contribution in [1.29, 1.82) is 0 Å². The minimum atomic E-state index is -0.396. The summed E-state index contributed by atoms with van der Waals surface area (Å²) in [5.41, 5.74) is 1.78. The van der Waals surface area contributed by atoms with Crippen molar-refractivity contribution in [3.8, 4) is 0 Å². The number of morpholine rings is 1. The lowest BCUT2D eigenvalue weighted by molar-refractivity contribution is -0.129. The highest BCUT2D eigenvalue weighted by Gasteiger charge is 2.39. The highest BCUT2D eigenvalue weighted by molar-refractivity contribution is 6.12. The molecule has 1 aromatic carbocycles. The molecule has 122 valence electrons. The van der Waals surface area contributed by atoms with Crippen LogP contribution in [0.5, 0.6) is 0 Å². The molecule has 2 amide bonds. The number of carbonyl (C=O) groups excluding carboxylic acids is 2. The third-order valence-corrected chi connectivity index (χ3v) is 4.13. The Morgan fingerprint density at radius 1 is 1.13 bits per heavy atom. The maximum absolute atomic E-state index is 12.8. The smallest absolute Gasteiger partial charge is 0.259 e. The van der Waals surface area contributed by atoms with Crippen molar-refractivity contribution in [2.45, 2.75) is 26.3 Å². The molecule has 0 N–H and O–H groups in total. The molecular weight excluding hydrogens is 292 g/mol. The Balaban J connectivity index is 2.01. The second kappa shape index (κ2) is 5.81. The maximum Gasteiger partial charge on any atom is 0.259 e. The number of carbonyl (C=O) groups is 2. The SMILES string of the molecule is CC(C)(C)N1C(=O)c2ccccc2/C1=C\C(=O)N1CCOCC1. The highest BCUT2D eigenvalue weighted by atomic mass is 16.5. The van der Waals surface area contributed by atoms with Crippen molar-refractivity contribution in [2.75, 3.05) is 26.3 Å². The molecule has 2 aliphatic heterocycles. The molecule has 0 unspecified atom stereocenters. The van der Waals surface area contributed by atoms with Crippen molar-refractivity contribution >= 4 is 17.5 Å². The maximum atomic E-state index is 12.8. The first-order chi connectivity index (χ1) is 10.9. The van der Waals surface area contributed by atoms with Gasteiger partial charge in [0, 0.05) is 35.8 Å². The quantitative estimate of drug-likeness (QED) is 0.746. The monoisotopic (exact) mass is 314 g/mol. The van der Waals surface area contributed by atoms with E-state index < -0.39 is 5.54 Å². The van der Waals surface area contributed by atoms with Crippen LogP contribution in [0.25, 0.3) is 5.70 Å². The fourth-order valence-electron chi connectivity index (χ4n) is 3.04. The summed E-state index contributed by atoms with van der Waals surface area (Å²) in [6.45, 7) is 8.24. The van der Waals surface area contributed by atoms with E-state index in [1.54, 1.807) is 15.9 Å². The molecule has 0 saturated carbocycles. The van der Waals surface area contributed by atoms with Gasteiger partial charge in [-0.2, -0.15) is 0 Å². The summed E-state index contributed by atoms with van der Waals surface area (Å²) in [5.74, 6) is -0.115. The van der Waals surface area contributed by atoms with E-state index in [2.05, 4.69) is 0 Å². The van der Waals surface area contributed by atoms with Crippen molar-refractivity contribution < 1.29 is 14.3 Å². The Morgan fingerprint density at radius 2 is 1.74 bits per heavy atom. The van der Waals surface area contributed by atoms with Gasteiger partial charge in [-0.05, 0) is 26.8 Å². The van der Waals surface area contributed by atoms with Gasteiger partial charge in [-0.1, -0.05) is 18.2 Å². The molecule has 1 saturated heterocycles. The summed E-state index contributed by atoms with van der Waals surface area (Å²) in [5, 5.41) is 0. The fraction of sp³-hybridized carbons (Fsp3) is 0.444. The van der Waals surface area contributed by atoms with Crippen LogP contribution < -0.4 is 0 Å². The predicted molar refractivity (Wildman–Crippen MR) is 87.7 cm³/mol. The van der Waals surface area contributed by atoms with Gasteiger partial charge in [0.25, 0.3) is 5.91 Å². The normalized spacial score (nSPS) is 20.1. The van der Waals surface area contributed by atoms with Crippen LogP contribution in [0.15, 0.2) is 30.3 Å². The predicted octanol–water partition coefficient (Wildman–Crippen LogP) is 2.14. The third-order valence-electron chi connectivity index (χ3n) is 4.13. The van der Waals surface area contributed by atoms with Crippen LogP contribution in [-0.4, -0.2) is 53.5 Å². The molecule has 5 nitrogen and oxygen atoms in total. The van der Waals surface area contributed by atoms with Gasteiger partial charge in [-0.15, -0.1) is 0 Å². The average molecular weight is 314 g/mol. The van der Waals surface area contributed by atoms with Crippen LogP contribution in [-0.2, 0) is 9.53 Å². The minimum absolute atomic E-state index is 0.0471. The number of hydrogen-bond acceptors (Lipinski definition) is 3. The summed E-state index contributed by atoms with van der Waals surface area (Å²) in [6.07, 6.45) is 1.60. The Morgan fingerprint density at radius 3 is 2.35 bits per heavy atom. The van der Waals surface area contributed by atoms with E-state index in [1.165, 1.54) is 0 Å². The van der Waals surface area contributed by atoms with Crippen LogP contribution >= 0.6 is 0 Å². The van der Waals surface area contributed by atoms with Crippen LogP contribution in [0.3, 0.4) is 0 Å². The molecule has 5 heteroatoms. The largest absolute Gasteiger partial charge is 0.378 e.